The standard InChI is InChI=1S/C23H25N3OS/c1-16(2)18-8-10-19(11-9-18)22(27)25-23-24-20-12-13-26(15-21(20)28-23)14-17-6-4-3-5-7-17/h3-11,16H,12-15H2,1-2H3,(H,24,25,27). The Labute approximate surface area is 170 Å². The summed E-state index contributed by atoms with van der Waals surface area (Å²) in [5.41, 5.74) is 4.36. The summed E-state index contributed by atoms with van der Waals surface area (Å²) >= 11 is 1.60. The molecule has 0 unspecified atom stereocenters. The van der Waals surface area contributed by atoms with Gasteiger partial charge in [-0.15, -0.1) is 11.3 Å². The summed E-state index contributed by atoms with van der Waals surface area (Å²) in [5, 5.41) is 3.68. The summed E-state index contributed by atoms with van der Waals surface area (Å²) in [6.07, 6.45) is 0.928. The molecule has 4 nitrogen and oxygen atoms in total. The van der Waals surface area contributed by atoms with Gasteiger partial charge in [-0.05, 0) is 29.2 Å². The Morgan fingerprint density at radius 1 is 1.14 bits per heavy atom. The highest BCUT2D eigenvalue weighted by Gasteiger charge is 2.21. The molecule has 5 heteroatoms. The topological polar surface area (TPSA) is 45.2 Å². The van der Waals surface area contributed by atoms with Gasteiger partial charge in [-0.2, -0.15) is 0 Å². The second-order valence-electron chi connectivity index (χ2n) is 7.57. The van der Waals surface area contributed by atoms with Crippen molar-refractivity contribution in [3.63, 3.8) is 0 Å². The average molecular weight is 392 g/mol. The minimum absolute atomic E-state index is 0.0949. The van der Waals surface area contributed by atoms with E-state index in [4.69, 9.17) is 0 Å². The Kier molecular flexibility index (Phi) is 5.55. The number of thiazole rings is 1. The molecular weight excluding hydrogens is 366 g/mol. The first-order chi connectivity index (χ1) is 13.6. The number of hydrogen-bond donors (Lipinski definition) is 1. The molecule has 4 rings (SSSR count). The molecule has 0 fully saturated rings. The highest BCUT2D eigenvalue weighted by molar-refractivity contribution is 7.15. The number of fused-ring (bicyclic) bond motifs is 1. The van der Waals surface area contributed by atoms with E-state index in [-0.39, 0.29) is 5.91 Å². The van der Waals surface area contributed by atoms with Gasteiger partial charge in [-0.1, -0.05) is 56.3 Å². The molecule has 0 atom stereocenters. The van der Waals surface area contributed by atoms with Crippen LogP contribution in [-0.4, -0.2) is 22.3 Å². The Bertz CT molecular complexity index is 948. The van der Waals surface area contributed by atoms with Gasteiger partial charge in [0.1, 0.15) is 0 Å². The number of nitrogens with one attached hydrogen (secondary N) is 1. The lowest BCUT2D eigenvalue weighted by Gasteiger charge is -2.25. The zero-order valence-electron chi connectivity index (χ0n) is 16.3. The number of nitrogens with zero attached hydrogens (tertiary/aromatic N) is 2. The highest BCUT2D eigenvalue weighted by atomic mass is 32.1. The predicted octanol–water partition coefficient (Wildman–Crippen LogP) is 5.08. The van der Waals surface area contributed by atoms with Crippen LogP contribution >= 0.6 is 11.3 Å². The van der Waals surface area contributed by atoms with Gasteiger partial charge in [-0.25, -0.2) is 4.98 Å². The molecule has 0 bridgehead atoms. The van der Waals surface area contributed by atoms with Crippen molar-refractivity contribution in [2.24, 2.45) is 0 Å². The Balaban J connectivity index is 1.40. The zero-order chi connectivity index (χ0) is 19.5. The Hall–Kier alpha value is -2.50. The van der Waals surface area contributed by atoms with E-state index in [0.717, 1.165) is 31.7 Å². The fourth-order valence-electron chi connectivity index (χ4n) is 3.47. The number of carbonyl (C=O) groups is 1. The lowest BCUT2D eigenvalue weighted by atomic mass is 10.0. The fraction of sp³-hybridized carbons (Fsp3) is 0.304. The number of carbonyl (C=O) groups excluding carboxylic acids is 1. The van der Waals surface area contributed by atoms with Gasteiger partial charge in [0.25, 0.3) is 5.91 Å². The van der Waals surface area contributed by atoms with Crippen LogP contribution in [-0.2, 0) is 19.5 Å². The van der Waals surface area contributed by atoms with Crippen molar-refractivity contribution in [2.75, 3.05) is 11.9 Å². The first-order valence-corrected chi connectivity index (χ1v) is 10.6. The first-order valence-electron chi connectivity index (χ1n) is 9.74. The molecule has 1 aliphatic heterocycles. The zero-order valence-corrected chi connectivity index (χ0v) is 17.1. The molecule has 2 aromatic carbocycles. The van der Waals surface area contributed by atoms with Gasteiger partial charge in [0.15, 0.2) is 5.13 Å². The van der Waals surface area contributed by atoms with E-state index in [1.165, 1.54) is 16.0 Å². The maximum atomic E-state index is 12.6. The molecule has 1 amide bonds. The van der Waals surface area contributed by atoms with Crippen LogP contribution in [0.25, 0.3) is 0 Å². The van der Waals surface area contributed by atoms with E-state index in [2.05, 4.69) is 53.3 Å². The van der Waals surface area contributed by atoms with Crippen molar-refractivity contribution in [1.29, 1.82) is 0 Å². The average Bonchev–Trinajstić information content (AvgIpc) is 3.10. The van der Waals surface area contributed by atoms with Crippen molar-refractivity contribution in [2.45, 2.75) is 39.3 Å². The molecule has 1 N–H and O–H groups in total. The van der Waals surface area contributed by atoms with Crippen LogP contribution in [0.15, 0.2) is 54.6 Å². The van der Waals surface area contributed by atoms with Gasteiger partial charge >= 0.3 is 0 Å². The third kappa shape index (κ3) is 4.32. The molecule has 3 aromatic rings. The molecular formula is C23H25N3OS. The third-order valence-electron chi connectivity index (χ3n) is 5.12. The summed E-state index contributed by atoms with van der Waals surface area (Å²) in [5.74, 6) is 0.365. The van der Waals surface area contributed by atoms with Crippen LogP contribution in [0, 0.1) is 0 Å². The first kappa shape index (κ1) is 18.8. The quantitative estimate of drug-likeness (QED) is 0.660. The van der Waals surface area contributed by atoms with Crippen LogP contribution in [0.3, 0.4) is 0 Å². The van der Waals surface area contributed by atoms with Crippen molar-refractivity contribution in [3.05, 3.63) is 81.9 Å². The van der Waals surface area contributed by atoms with Crippen molar-refractivity contribution >= 4 is 22.4 Å². The normalized spacial score (nSPS) is 14.1. The molecule has 0 saturated carbocycles. The van der Waals surface area contributed by atoms with E-state index in [0.29, 0.717) is 16.6 Å². The molecule has 0 aliphatic carbocycles. The summed E-state index contributed by atoms with van der Waals surface area (Å²) < 4.78 is 0. The number of aromatic nitrogens is 1. The van der Waals surface area contributed by atoms with Crippen LogP contribution in [0.2, 0.25) is 0 Å². The van der Waals surface area contributed by atoms with Gasteiger partial charge in [0.2, 0.25) is 0 Å². The summed E-state index contributed by atoms with van der Waals surface area (Å²) in [6, 6.07) is 18.4. The monoisotopic (exact) mass is 391 g/mol. The van der Waals surface area contributed by atoms with Gasteiger partial charge in [-0.3, -0.25) is 15.0 Å². The predicted molar refractivity (Wildman–Crippen MR) is 115 cm³/mol. The molecule has 0 radical (unpaired) electrons. The maximum absolute atomic E-state index is 12.6. The smallest absolute Gasteiger partial charge is 0.257 e. The van der Waals surface area contributed by atoms with E-state index in [1.807, 2.05) is 30.3 Å². The maximum Gasteiger partial charge on any atom is 0.257 e. The molecule has 0 spiro atoms. The summed E-state index contributed by atoms with van der Waals surface area (Å²) in [6.45, 7) is 7.13. The second-order valence-corrected chi connectivity index (χ2v) is 8.65. The third-order valence-corrected chi connectivity index (χ3v) is 6.12. The van der Waals surface area contributed by atoms with Crippen molar-refractivity contribution < 1.29 is 4.79 Å². The Morgan fingerprint density at radius 3 is 2.61 bits per heavy atom. The molecule has 0 saturated heterocycles. The van der Waals surface area contributed by atoms with E-state index < -0.39 is 0 Å². The number of hydrogen-bond acceptors (Lipinski definition) is 4. The van der Waals surface area contributed by atoms with Crippen LogP contribution < -0.4 is 5.32 Å². The van der Waals surface area contributed by atoms with Crippen molar-refractivity contribution in [1.82, 2.24) is 9.88 Å². The number of rotatable bonds is 5. The van der Waals surface area contributed by atoms with Crippen LogP contribution in [0.5, 0.6) is 0 Å². The molecule has 1 aliphatic rings. The van der Waals surface area contributed by atoms with E-state index >= 15 is 0 Å². The highest BCUT2D eigenvalue weighted by Crippen LogP contribution is 2.29. The van der Waals surface area contributed by atoms with Crippen LogP contribution in [0.1, 0.15) is 51.8 Å². The van der Waals surface area contributed by atoms with E-state index in [1.54, 1.807) is 11.3 Å². The minimum atomic E-state index is -0.0949. The molecule has 144 valence electrons. The minimum Gasteiger partial charge on any atom is -0.298 e. The number of anilines is 1. The molecule has 2 heterocycles. The largest absolute Gasteiger partial charge is 0.298 e. The molecule has 1 aromatic heterocycles. The summed E-state index contributed by atoms with van der Waals surface area (Å²) in [4.78, 5) is 20.9. The lowest BCUT2D eigenvalue weighted by Crippen LogP contribution is -2.29. The van der Waals surface area contributed by atoms with Gasteiger partial charge in [0.05, 0.1) is 5.69 Å². The number of benzene rings is 2. The second kappa shape index (κ2) is 8.25. The van der Waals surface area contributed by atoms with Gasteiger partial charge in [0, 0.05) is 36.5 Å². The molecule has 28 heavy (non-hydrogen) atoms. The SMILES string of the molecule is CC(C)c1ccc(C(=O)Nc2nc3c(s2)CN(Cc2ccccc2)CC3)cc1. The fourth-order valence-corrected chi connectivity index (χ4v) is 4.51. The van der Waals surface area contributed by atoms with Gasteiger partial charge < -0.3 is 0 Å². The lowest BCUT2D eigenvalue weighted by molar-refractivity contribution is 0.102. The van der Waals surface area contributed by atoms with Crippen LogP contribution in [0.4, 0.5) is 5.13 Å². The Morgan fingerprint density at radius 2 is 1.89 bits per heavy atom. The number of amides is 1. The van der Waals surface area contributed by atoms with E-state index in [9.17, 15) is 4.79 Å². The summed E-state index contributed by atoms with van der Waals surface area (Å²) in [7, 11) is 0. The van der Waals surface area contributed by atoms with Crippen molar-refractivity contribution in [3.8, 4) is 0 Å².